The van der Waals surface area contributed by atoms with Gasteiger partial charge in [0.15, 0.2) is 0 Å². The Hall–Kier alpha value is -0.530. The monoisotopic (exact) mass is 474 g/mol. The van der Waals surface area contributed by atoms with Crippen LogP contribution in [0.15, 0.2) is 0 Å². The molecule has 3 aliphatic rings. The Balaban J connectivity index is 1.72. The fraction of sp³-hybridized carbons (Fsp3) is 0.969. The van der Waals surface area contributed by atoms with Crippen LogP contribution in [-0.2, 0) is 9.53 Å². The molecular formula is C32H58O2. The van der Waals surface area contributed by atoms with Gasteiger partial charge in [-0.25, -0.2) is 0 Å². The van der Waals surface area contributed by atoms with Crippen LogP contribution < -0.4 is 0 Å². The summed E-state index contributed by atoms with van der Waals surface area (Å²) in [6.45, 7) is 5.18. The molecule has 0 aromatic carbocycles. The maximum absolute atomic E-state index is 13.9. The van der Waals surface area contributed by atoms with E-state index in [4.69, 9.17) is 4.74 Å². The van der Waals surface area contributed by atoms with Gasteiger partial charge in [0.25, 0.3) is 0 Å². The minimum atomic E-state index is -0.182. The molecule has 2 nitrogen and oxygen atoms in total. The first-order valence-electron chi connectivity index (χ1n) is 15.8. The molecule has 0 amide bonds. The number of esters is 1. The molecule has 3 fully saturated rings. The summed E-state index contributed by atoms with van der Waals surface area (Å²) in [5, 5.41) is 0. The van der Waals surface area contributed by atoms with Gasteiger partial charge in [-0.15, -0.1) is 0 Å². The lowest BCUT2D eigenvalue weighted by atomic mass is 9.49. The molecule has 2 heteroatoms. The molecule has 0 aliphatic heterocycles. The van der Waals surface area contributed by atoms with E-state index >= 15 is 0 Å². The second-order valence-electron chi connectivity index (χ2n) is 12.5. The molecule has 0 N–H and O–H groups in total. The first kappa shape index (κ1) is 28.0. The lowest BCUT2D eigenvalue weighted by molar-refractivity contribution is -0.175. The van der Waals surface area contributed by atoms with Gasteiger partial charge in [-0.2, -0.15) is 0 Å². The highest BCUT2D eigenvalue weighted by molar-refractivity contribution is 5.78. The second kappa shape index (κ2) is 14.9. The van der Waals surface area contributed by atoms with Crippen LogP contribution >= 0.6 is 0 Å². The van der Waals surface area contributed by atoms with E-state index in [1.807, 2.05) is 0 Å². The highest BCUT2D eigenvalue weighted by Crippen LogP contribution is 2.61. The van der Waals surface area contributed by atoms with Gasteiger partial charge < -0.3 is 4.74 Å². The summed E-state index contributed by atoms with van der Waals surface area (Å²) in [4.78, 5) is 13.9. The molecule has 0 aromatic rings. The van der Waals surface area contributed by atoms with E-state index < -0.39 is 0 Å². The van der Waals surface area contributed by atoms with Crippen molar-refractivity contribution in [2.75, 3.05) is 6.61 Å². The van der Waals surface area contributed by atoms with Crippen LogP contribution in [0.2, 0.25) is 0 Å². The molecule has 198 valence electrons. The highest BCUT2D eigenvalue weighted by atomic mass is 16.5. The normalized spacial score (nSPS) is 28.0. The Morgan fingerprint density at radius 3 is 1.88 bits per heavy atom. The molecule has 3 saturated carbocycles. The molecule has 0 atom stereocenters. The molecule has 0 unspecified atom stereocenters. The molecule has 0 heterocycles. The average molecular weight is 475 g/mol. The predicted molar refractivity (Wildman–Crippen MR) is 145 cm³/mol. The van der Waals surface area contributed by atoms with Crippen LogP contribution in [0.3, 0.4) is 0 Å². The van der Waals surface area contributed by atoms with Gasteiger partial charge in [-0.3, -0.25) is 4.79 Å². The fourth-order valence-electron chi connectivity index (χ4n) is 8.24. The van der Waals surface area contributed by atoms with Crippen LogP contribution in [-0.4, -0.2) is 12.6 Å². The van der Waals surface area contributed by atoms with Gasteiger partial charge >= 0.3 is 5.97 Å². The van der Waals surface area contributed by atoms with E-state index in [0.29, 0.717) is 6.61 Å². The van der Waals surface area contributed by atoms with Crippen LogP contribution in [0.4, 0.5) is 0 Å². The maximum Gasteiger partial charge on any atom is 0.312 e. The largest absolute Gasteiger partial charge is 0.465 e. The minimum Gasteiger partial charge on any atom is -0.465 e. The first-order valence-corrected chi connectivity index (χ1v) is 15.8. The average Bonchev–Trinajstić information content (AvgIpc) is 2.89. The van der Waals surface area contributed by atoms with Gasteiger partial charge in [0.2, 0.25) is 0 Å². The summed E-state index contributed by atoms with van der Waals surface area (Å²) < 4.78 is 6.13. The van der Waals surface area contributed by atoms with Crippen molar-refractivity contribution in [2.24, 2.45) is 22.7 Å². The van der Waals surface area contributed by atoms with Crippen molar-refractivity contribution in [3.05, 3.63) is 0 Å². The van der Waals surface area contributed by atoms with E-state index in [1.165, 1.54) is 135 Å². The molecule has 0 aromatic heterocycles. The quantitative estimate of drug-likeness (QED) is 0.185. The van der Waals surface area contributed by atoms with Gasteiger partial charge in [-0.05, 0) is 68.6 Å². The van der Waals surface area contributed by atoms with Crippen LogP contribution in [0, 0.1) is 22.7 Å². The van der Waals surface area contributed by atoms with Crippen molar-refractivity contribution in [3.63, 3.8) is 0 Å². The predicted octanol–water partition coefficient (Wildman–Crippen LogP) is 10.2. The van der Waals surface area contributed by atoms with Crippen LogP contribution in [0.25, 0.3) is 0 Å². The number of ether oxygens (including phenoxy) is 1. The Labute approximate surface area is 212 Å². The standard InChI is InChI=1S/C32H58O2/c1-3-5-7-8-9-14-22-31(25-20-29(21-26-31)28-18-12-10-13-19-28)32(23-15-11-16-24-32)30(33)34-27-17-6-4-2/h28-29H,3-27H2,1-2H3/t29-,31+. The van der Waals surface area contributed by atoms with Crippen molar-refractivity contribution in [3.8, 4) is 0 Å². The van der Waals surface area contributed by atoms with Crippen LogP contribution in [0.1, 0.15) is 168 Å². The van der Waals surface area contributed by atoms with Gasteiger partial charge in [0.05, 0.1) is 12.0 Å². The first-order chi connectivity index (χ1) is 16.7. The fourth-order valence-corrected chi connectivity index (χ4v) is 8.24. The van der Waals surface area contributed by atoms with E-state index in [9.17, 15) is 4.79 Å². The zero-order chi connectivity index (χ0) is 24.1. The Kier molecular flexibility index (Phi) is 12.3. The lowest BCUT2D eigenvalue weighted by Crippen LogP contribution is -2.52. The molecule has 3 aliphatic carbocycles. The Bertz CT molecular complexity index is 547. The Morgan fingerprint density at radius 2 is 1.21 bits per heavy atom. The topological polar surface area (TPSA) is 26.3 Å². The Morgan fingerprint density at radius 1 is 0.647 bits per heavy atom. The number of rotatable bonds is 14. The lowest BCUT2D eigenvalue weighted by Gasteiger charge is -2.55. The molecule has 0 spiro atoms. The highest BCUT2D eigenvalue weighted by Gasteiger charge is 2.57. The smallest absolute Gasteiger partial charge is 0.312 e. The summed E-state index contributed by atoms with van der Waals surface area (Å²) in [6.07, 6.45) is 31.5. The molecule has 0 bridgehead atoms. The third-order valence-electron chi connectivity index (χ3n) is 10.4. The van der Waals surface area contributed by atoms with E-state index in [0.717, 1.165) is 31.1 Å². The summed E-state index contributed by atoms with van der Waals surface area (Å²) in [6, 6.07) is 0. The SMILES string of the molecule is CCCCCCCC[C@]1(C2(C(=O)OCCCCC)CCCCC2)CC[C@@H](C2CCCCC2)CC1. The second-order valence-corrected chi connectivity index (χ2v) is 12.5. The number of carbonyl (C=O) groups excluding carboxylic acids is 1. The molecule has 0 radical (unpaired) electrons. The zero-order valence-corrected chi connectivity index (χ0v) is 23.1. The number of hydrogen-bond acceptors (Lipinski definition) is 2. The van der Waals surface area contributed by atoms with Crippen molar-refractivity contribution < 1.29 is 9.53 Å². The van der Waals surface area contributed by atoms with Crippen molar-refractivity contribution >= 4 is 5.97 Å². The van der Waals surface area contributed by atoms with Crippen LogP contribution in [0.5, 0.6) is 0 Å². The summed E-state index contributed by atoms with van der Waals surface area (Å²) in [5.74, 6) is 2.12. The third kappa shape index (κ3) is 7.25. The van der Waals surface area contributed by atoms with Gasteiger partial charge in [0, 0.05) is 0 Å². The minimum absolute atomic E-state index is 0.182. The number of hydrogen-bond donors (Lipinski definition) is 0. The molecular weight excluding hydrogens is 416 g/mol. The van der Waals surface area contributed by atoms with Crippen molar-refractivity contribution in [1.29, 1.82) is 0 Å². The third-order valence-corrected chi connectivity index (χ3v) is 10.4. The van der Waals surface area contributed by atoms with E-state index in [2.05, 4.69) is 13.8 Å². The van der Waals surface area contributed by atoms with Gasteiger partial charge in [0.1, 0.15) is 0 Å². The molecule has 3 rings (SSSR count). The number of carbonyl (C=O) groups is 1. The van der Waals surface area contributed by atoms with Crippen molar-refractivity contribution in [1.82, 2.24) is 0 Å². The van der Waals surface area contributed by atoms with E-state index in [1.54, 1.807) is 0 Å². The molecule has 0 saturated heterocycles. The van der Waals surface area contributed by atoms with Gasteiger partial charge in [-0.1, -0.05) is 117 Å². The van der Waals surface area contributed by atoms with Crippen molar-refractivity contribution in [2.45, 2.75) is 168 Å². The number of unbranched alkanes of at least 4 members (excludes halogenated alkanes) is 7. The molecule has 34 heavy (non-hydrogen) atoms. The summed E-state index contributed by atoms with van der Waals surface area (Å²) >= 11 is 0. The van der Waals surface area contributed by atoms with E-state index in [-0.39, 0.29) is 16.8 Å². The summed E-state index contributed by atoms with van der Waals surface area (Å²) in [5.41, 5.74) is 0.0313. The summed E-state index contributed by atoms with van der Waals surface area (Å²) in [7, 11) is 0. The zero-order valence-electron chi connectivity index (χ0n) is 23.1. The maximum atomic E-state index is 13.9.